The lowest BCUT2D eigenvalue weighted by Gasteiger charge is -2.28. The number of carboxylic acids is 1. The van der Waals surface area contributed by atoms with E-state index in [4.69, 9.17) is 9.47 Å². The maximum atomic E-state index is 12.2. The first-order valence-electron chi connectivity index (χ1n) is 18.2. The fourth-order valence-electron chi connectivity index (χ4n) is 6.90. The second kappa shape index (κ2) is 16.4. The van der Waals surface area contributed by atoms with Crippen molar-refractivity contribution in [2.24, 2.45) is 0 Å². The van der Waals surface area contributed by atoms with E-state index in [9.17, 15) is 14.7 Å². The number of carbonyl (C=O) groups excluding carboxylic acids is 1. The molecule has 12 nitrogen and oxygen atoms in total. The van der Waals surface area contributed by atoms with Crippen molar-refractivity contribution in [3.8, 4) is 22.3 Å². The molecule has 1 amide bonds. The minimum atomic E-state index is -0.924. The molecule has 0 radical (unpaired) electrons. The number of hydrogen-bond donors (Lipinski definition) is 2. The molecule has 276 valence electrons. The smallest absolute Gasteiger partial charge is 0.335 e. The zero-order valence-corrected chi connectivity index (χ0v) is 30.7. The summed E-state index contributed by atoms with van der Waals surface area (Å²) in [4.78, 5) is 27.9. The Morgan fingerprint density at radius 2 is 1.13 bits per heavy atom. The van der Waals surface area contributed by atoms with E-state index in [1.807, 2.05) is 56.3 Å². The molecule has 0 saturated carbocycles. The van der Waals surface area contributed by atoms with Crippen molar-refractivity contribution in [3.63, 3.8) is 0 Å². The summed E-state index contributed by atoms with van der Waals surface area (Å²) in [6.07, 6.45) is 3.55. The molecule has 2 aliphatic rings. The first-order valence-corrected chi connectivity index (χ1v) is 18.2. The van der Waals surface area contributed by atoms with Crippen molar-refractivity contribution in [1.29, 1.82) is 0 Å². The molecule has 0 atom stereocenters. The van der Waals surface area contributed by atoms with Crippen LogP contribution in [0.15, 0.2) is 85.2 Å². The third-order valence-corrected chi connectivity index (χ3v) is 9.85. The standard InChI is InChI=1S/C22H24N4O2.C20H19N3O3/c1-3-23-22(27)17-5-4-15(2)20(13-17)16-6-7-19-18(12-16)14-24-25-21(19)26-8-10-28-11-9-26;1-13-2-3-15(20(24)25)11-18(13)14-4-5-17-16(10-14)12-21-22-19(17)23-6-8-26-9-7-23/h4-7,12-14H,3,8-11H2,1-2H3,(H,23,27);2-5,10-12H,6-9H2,1H3,(H,24,25). The lowest BCUT2D eigenvalue weighted by Crippen LogP contribution is -2.37. The maximum Gasteiger partial charge on any atom is 0.335 e. The second-order valence-corrected chi connectivity index (χ2v) is 13.4. The monoisotopic (exact) mass is 725 g/mol. The molecule has 8 rings (SSSR count). The minimum absolute atomic E-state index is 0.0509. The van der Waals surface area contributed by atoms with Gasteiger partial charge in [0.1, 0.15) is 0 Å². The van der Waals surface area contributed by atoms with Crippen LogP contribution in [0, 0.1) is 13.8 Å². The molecule has 4 heterocycles. The van der Waals surface area contributed by atoms with Gasteiger partial charge in [-0.1, -0.05) is 24.3 Å². The van der Waals surface area contributed by atoms with Crippen LogP contribution < -0.4 is 15.1 Å². The van der Waals surface area contributed by atoms with Gasteiger partial charge < -0.3 is 29.7 Å². The molecule has 2 aromatic heterocycles. The largest absolute Gasteiger partial charge is 0.478 e. The van der Waals surface area contributed by atoms with E-state index in [1.165, 1.54) is 0 Å². The van der Waals surface area contributed by atoms with E-state index in [-0.39, 0.29) is 11.5 Å². The van der Waals surface area contributed by atoms with Crippen LogP contribution in [0.3, 0.4) is 0 Å². The highest BCUT2D eigenvalue weighted by Crippen LogP contribution is 2.33. The van der Waals surface area contributed by atoms with Crippen molar-refractivity contribution in [2.75, 3.05) is 69.0 Å². The average molecular weight is 726 g/mol. The number of carboxylic acid groups (broad SMARTS) is 1. The van der Waals surface area contributed by atoms with Crippen LogP contribution in [0.4, 0.5) is 11.6 Å². The Kier molecular flexibility index (Phi) is 11.0. The Balaban J connectivity index is 0.000000167. The maximum absolute atomic E-state index is 12.2. The summed E-state index contributed by atoms with van der Waals surface area (Å²) < 4.78 is 10.9. The molecule has 2 aliphatic heterocycles. The van der Waals surface area contributed by atoms with Gasteiger partial charge in [-0.15, -0.1) is 10.2 Å². The summed E-state index contributed by atoms with van der Waals surface area (Å²) in [5.41, 5.74) is 7.12. The molecule has 54 heavy (non-hydrogen) atoms. The number of morpholine rings is 2. The third kappa shape index (κ3) is 7.85. The molecule has 6 aromatic rings. The van der Waals surface area contributed by atoms with Gasteiger partial charge in [-0.3, -0.25) is 4.79 Å². The highest BCUT2D eigenvalue weighted by atomic mass is 16.5. The average Bonchev–Trinajstić information content (AvgIpc) is 3.21. The van der Waals surface area contributed by atoms with E-state index in [2.05, 4.69) is 60.6 Å². The summed E-state index contributed by atoms with van der Waals surface area (Å²) in [5.74, 6) is 0.797. The normalized spacial score (nSPS) is 14.4. The molecule has 0 aliphatic carbocycles. The van der Waals surface area contributed by atoms with Crippen LogP contribution in [-0.4, -0.2) is 96.5 Å². The minimum Gasteiger partial charge on any atom is -0.478 e. The summed E-state index contributed by atoms with van der Waals surface area (Å²) in [7, 11) is 0. The van der Waals surface area contributed by atoms with Crippen molar-refractivity contribution < 1.29 is 24.2 Å². The van der Waals surface area contributed by atoms with Crippen molar-refractivity contribution >= 4 is 45.1 Å². The number of nitrogens with one attached hydrogen (secondary N) is 1. The number of amides is 1. The molecule has 4 aromatic carbocycles. The van der Waals surface area contributed by atoms with E-state index in [0.29, 0.717) is 38.5 Å². The molecule has 0 bridgehead atoms. The van der Waals surface area contributed by atoms with Gasteiger partial charge in [0.15, 0.2) is 11.6 Å². The van der Waals surface area contributed by atoms with Gasteiger partial charge in [0.25, 0.3) is 5.91 Å². The Morgan fingerprint density at radius 1 is 0.667 bits per heavy atom. The lowest BCUT2D eigenvalue weighted by molar-refractivity contribution is 0.0696. The van der Waals surface area contributed by atoms with Gasteiger partial charge in [0.2, 0.25) is 0 Å². The van der Waals surface area contributed by atoms with Gasteiger partial charge in [-0.05, 0) is 103 Å². The quantitative estimate of drug-likeness (QED) is 0.191. The first kappa shape index (κ1) is 36.4. The van der Waals surface area contributed by atoms with E-state index in [1.54, 1.807) is 24.5 Å². The van der Waals surface area contributed by atoms with Gasteiger partial charge in [0.05, 0.1) is 44.4 Å². The number of anilines is 2. The molecular formula is C42H43N7O5. The molecule has 0 unspecified atom stereocenters. The topological polar surface area (TPSA) is 143 Å². The lowest BCUT2D eigenvalue weighted by atomic mass is 9.96. The molecule has 12 heteroatoms. The van der Waals surface area contributed by atoms with Crippen LogP contribution in [0.1, 0.15) is 38.8 Å². The summed E-state index contributed by atoms with van der Waals surface area (Å²) in [6.45, 7) is 12.6. The SMILES string of the molecule is CCNC(=O)c1ccc(C)c(-c2ccc3c(N4CCOCC4)nncc3c2)c1.Cc1ccc(C(=O)O)cc1-c1ccc2c(N3CCOCC3)nncc2c1. The number of aromatic nitrogens is 4. The van der Waals surface area contributed by atoms with Crippen molar-refractivity contribution in [2.45, 2.75) is 20.8 Å². The Bertz CT molecular complexity index is 2320. The number of hydrogen-bond acceptors (Lipinski definition) is 10. The number of carbonyl (C=O) groups is 2. The highest BCUT2D eigenvalue weighted by molar-refractivity contribution is 5.98. The number of aryl methyl sites for hydroxylation is 2. The highest BCUT2D eigenvalue weighted by Gasteiger charge is 2.18. The first-order chi connectivity index (χ1) is 26.3. The number of fused-ring (bicyclic) bond motifs is 2. The Hall–Kier alpha value is -5.98. The van der Waals surface area contributed by atoms with Crippen molar-refractivity contribution in [1.82, 2.24) is 25.7 Å². The van der Waals surface area contributed by atoms with E-state index >= 15 is 0 Å². The summed E-state index contributed by atoms with van der Waals surface area (Å²) in [5, 5.41) is 33.4. The number of nitrogens with zero attached hydrogens (tertiary/aromatic N) is 6. The molecule has 2 fully saturated rings. The Labute approximate surface area is 313 Å². The zero-order valence-electron chi connectivity index (χ0n) is 30.7. The van der Waals surface area contributed by atoms with Crippen LogP contribution in [-0.2, 0) is 9.47 Å². The zero-order chi connectivity index (χ0) is 37.6. The predicted molar refractivity (Wildman–Crippen MR) is 210 cm³/mol. The number of ether oxygens (including phenoxy) is 2. The molecule has 2 N–H and O–H groups in total. The fraction of sp³-hybridized carbons (Fsp3) is 0.286. The third-order valence-electron chi connectivity index (χ3n) is 9.85. The second-order valence-electron chi connectivity index (χ2n) is 13.4. The summed E-state index contributed by atoms with van der Waals surface area (Å²) >= 11 is 0. The van der Waals surface area contributed by atoms with E-state index in [0.717, 1.165) is 92.7 Å². The van der Waals surface area contributed by atoms with Crippen LogP contribution in [0.25, 0.3) is 43.8 Å². The number of rotatable bonds is 7. The predicted octanol–water partition coefficient (Wildman–Crippen LogP) is 6.33. The number of aromatic carboxylic acids is 1. The van der Waals surface area contributed by atoms with Crippen LogP contribution in [0.5, 0.6) is 0 Å². The van der Waals surface area contributed by atoms with Crippen molar-refractivity contribution in [3.05, 3.63) is 107 Å². The molecule has 2 saturated heterocycles. The van der Waals surface area contributed by atoms with E-state index < -0.39 is 5.97 Å². The van der Waals surface area contributed by atoms with Gasteiger partial charge in [0, 0.05) is 59.8 Å². The fourth-order valence-corrected chi connectivity index (χ4v) is 6.90. The van der Waals surface area contributed by atoms with Crippen LogP contribution in [0.2, 0.25) is 0 Å². The van der Waals surface area contributed by atoms with Gasteiger partial charge in [-0.2, -0.15) is 10.2 Å². The molecule has 0 spiro atoms. The Morgan fingerprint density at radius 3 is 1.59 bits per heavy atom. The van der Waals surface area contributed by atoms with Gasteiger partial charge >= 0.3 is 5.97 Å². The summed E-state index contributed by atoms with van der Waals surface area (Å²) in [6, 6.07) is 23.4. The van der Waals surface area contributed by atoms with Crippen LogP contribution >= 0.6 is 0 Å². The molecular weight excluding hydrogens is 683 g/mol. The number of benzene rings is 4. The van der Waals surface area contributed by atoms with Gasteiger partial charge in [-0.25, -0.2) is 4.79 Å².